The highest BCUT2D eigenvalue weighted by molar-refractivity contribution is 7.27. The van der Waals surface area contributed by atoms with E-state index in [1.165, 1.54) is 139 Å². The van der Waals surface area contributed by atoms with Crippen molar-refractivity contribution in [2.45, 2.75) is 0 Å². The number of nitrogens with zero attached hydrogens (tertiary/aromatic N) is 4. The van der Waals surface area contributed by atoms with Gasteiger partial charge in [-0.1, -0.05) is 334 Å². The maximum Gasteiger partial charge on any atom is 0.0540 e. The third kappa shape index (κ3) is 13.6. The average Bonchev–Trinajstić information content (AvgIpc) is 1.54. The summed E-state index contributed by atoms with van der Waals surface area (Å²) < 4.78 is 5.16. The first-order valence-corrected chi connectivity index (χ1v) is 43.2. The second-order valence-corrected chi connectivity index (χ2v) is 33.1. The van der Waals surface area contributed by atoms with Crippen LogP contribution in [0, 0.1) is 0 Å². The molecule has 4 nitrogen and oxygen atoms in total. The molecule has 574 valence electrons. The van der Waals surface area contributed by atoms with E-state index in [4.69, 9.17) is 0 Å². The van der Waals surface area contributed by atoms with Crippen molar-refractivity contribution in [1.82, 2.24) is 0 Å². The number of thiophene rings is 2. The van der Waals surface area contributed by atoms with Crippen LogP contribution in [-0.2, 0) is 0 Å². The Bertz CT molecular complexity index is 7550. The third-order valence-corrected chi connectivity index (χ3v) is 26.2. The molecule has 0 spiro atoms. The van der Waals surface area contributed by atoms with Crippen LogP contribution in [0.3, 0.4) is 0 Å². The van der Waals surface area contributed by atoms with Crippen molar-refractivity contribution >= 4 is 185 Å². The van der Waals surface area contributed by atoms with Gasteiger partial charge in [0.05, 0.1) is 5.69 Å². The van der Waals surface area contributed by atoms with Gasteiger partial charge in [-0.05, 0) is 222 Å². The Morgan fingerprint density at radius 3 is 0.738 bits per heavy atom. The second kappa shape index (κ2) is 31.8. The number of benzene rings is 21. The molecule has 0 bridgehead atoms. The van der Waals surface area contributed by atoms with Gasteiger partial charge in [0.1, 0.15) is 0 Å². The predicted molar refractivity (Wildman–Crippen MR) is 527 cm³/mol. The van der Waals surface area contributed by atoms with E-state index in [-0.39, 0.29) is 0 Å². The molecule has 0 saturated heterocycles. The van der Waals surface area contributed by atoms with Crippen LogP contribution in [-0.4, -0.2) is 0 Å². The lowest BCUT2D eigenvalue weighted by atomic mass is 9.96. The summed E-state index contributed by atoms with van der Waals surface area (Å²) in [4.78, 5) is 9.53. The van der Waals surface area contributed by atoms with Gasteiger partial charge in [-0.25, -0.2) is 0 Å². The minimum atomic E-state index is 1.11. The summed E-state index contributed by atoms with van der Waals surface area (Å²) in [5.74, 6) is 0. The number of rotatable bonds is 16. The molecule has 0 aliphatic rings. The van der Waals surface area contributed by atoms with Gasteiger partial charge in [-0.15, -0.1) is 22.7 Å². The average molecular weight is 1590 g/mol. The van der Waals surface area contributed by atoms with E-state index in [0.717, 1.165) is 68.2 Å². The van der Waals surface area contributed by atoms with Crippen LogP contribution < -0.4 is 19.6 Å². The molecule has 0 radical (unpaired) electrons. The molecule has 0 fully saturated rings. The molecule has 6 heteroatoms. The summed E-state index contributed by atoms with van der Waals surface area (Å²) >= 11 is 3.79. The van der Waals surface area contributed by atoms with Gasteiger partial charge in [-0.3, -0.25) is 0 Å². The summed E-state index contributed by atoms with van der Waals surface area (Å²) in [5.41, 5.74) is 23.1. The Morgan fingerprint density at radius 1 is 0.139 bits per heavy atom. The minimum absolute atomic E-state index is 1.11. The Labute approximate surface area is 717 Å². The van der Waals surface area contributed by atoms with Gasteiger partial charge in [0.15, 0.2) is 0 Å². The fourth-order valence-electron chi connectivity index (χ4n) is 18.1. The lowest BCUT2D eigenvalue weighted by Gasteiger charge is -2.27. The molecule has 2 aromatic heterocycles. The second-order valence-electron chi connectivity index (χ2n) is 31.0. The molecular weight excluding hydrogens is 1510 g/mol. The van der Waals surface area contributed by atoms with Crippen LogP contribution in [0.4, 0.5) is 68.2 Å². The number of hydrogen-bond donors (Lipinski definition) is 0. The monoisotopic (exact) mass is 1590 g/mol. The molecule has 23 aromatic rings. The maximum atomic E-state index is 2.41. The van der Waals surface area contributed by atoms with E-state index >= 15 is 0 Å². The minimum Gasteiger partial charge on any atom is -0.310 e. The highest BCUT2D eigenvalue weighted by Crippen LogP contribution is 2.52. The summed E-state index contributed by atoms with van der Waals surface area (Å²) in [6, 6.07) is 172. The molecule has 122 heavy (non-hydrogen) atoms. The van der Waals surface area contributed by atoms with E-state index in [2.05, 4.69) is 493 Å². The zero-order valence-electron chi connectivity index (χ0n) is 66.6. The Balaban J connectivity index is 0.000000146. The van der Waals surface area contributed by atoms with Crippen molar-refractivity contribution in [3.8, 4) is 44.5 Å². The molecule has 0 aliphatic heterocycles. The molecule has 0 atom stereocenters. The maximum absolute atomic E-state index is 2.41. The number of fused-ring (bicyclic) bond motifs is 17. The molecule has 0 amide bonds. The molecule has 0 saturated carbocycles. The van der Waals surface area contributed by atoms with Crippen molar-refractivity contribution in [2.24, 2.45) is 0 Å². The Kier molecular flexibility index (Phi) is 19.0. The van der Waals surface area contributed by atoms with Crippen LogP contribution in [0.15, 0.2) is 473 Å². The van der Waals surface area contributed by atoms with Crippen LogP contribution >= 0.6 is 22.7 Å². The van der Waals surface area contributed by atoms with Crippen molar-refractivity contribution in [3.63, 3.8) is 0 Å². The van der Waals surface area contributed by atoms with Crippen molar-refractivity contribution in [3.05, 3.63) is 473 Å². The van der Waals surface area contributed by atoms with E-state index in [1.54, 1.807) is 0 Å². The first-order valence-electron chi connectivity index (χ1n) is 41.6. The van der Waals surface area contributed by atoms with E-state index in [1.807, 2.05) is 22.7 Å². The molecule has 23 rings (SSSR count). The fourth-order valence-corrected chi connectivity index (χ4v) is 20.6. The normalized spacial score (nSPS) is 11.4. The van der Waals surface area contributed by atoms with Crippen LogP contribution in [0.5, 0.6) is 0 Å². The summed E-state index contributed by atoms with van der Waals surface area (Å²) in [6.45, 7) is 0. The zero-order chi connectivity index (χ0) is 80.8. The lowest BCUT2D eigenvalue weighted by Crippen LogP contribution is -2.10. The van der Waals surface area contributed by atoms with E-state index < -0.39 is 0 Å². The number of anilines is 12. The molecule has 0 N–H and O–H groups in total. The summed E-state index contributed by atoms with van der Waals surface area (Å²) in [5, 5.41) is 17.8. The van der Waals surface area contributed by atoms with Crippen molar-refractivity contribution < 1.29 is 0 Å². The first-order chi connectivity index (χ1) is 60.5. The molecule has 0 unspecified atom stereocenters. The summed E-state index contributed by atoms with van der Waals surface area (Å²) in [7, 11) is 0. The first kappa shape index (κ1) is 73.0. The van der Waals surface area contributed by atoms with Crippen molar-refractivity contribution in [2.75, 3.05) is 19.6 Å². The highest BCUT2D eigenvalue weighted by atomic mass is 32.1. The standard InChI is InChI=1S/C60H40N2S.C56H38N2S/c1-4-15-41(16-5-1)43-27-31-47(32-28-43)61(48-33-29-44(30-34-48)42-17-6-2-7-18-42)50-36-38-55-58(40-50)63-60-54-37-35-49(39-56(54)52-24-12-13-25-53(52)59(55)60)62(46-21-8-3-9-22-46)57-26-14-20-45-19-10-11-23-51(45)57;1-5-15-39(16-6-1)41-25-29-45(30-26-41)58(46-31-27-42(28-32-46)40-17-7-2-8-18-40)47-33-35-51-53(37-47)49-23-13-14-24-50(49)55-52-36-34-48(38-54(52)59-56(51)55)57(43-19-9-3-10-20-43)44-21-11-4-12-22-44/h1-40H;1-38H. The van der Waals surface area contributed by atoms with Gasteiger partial charge in [0.2, 0.25) is 0 Å². The topological polar surface area (TPSA) is 13.0 Å². The van der Waals surface area contributed by atoms with Crippen molar-refractivity contribution in [1.29, 1.82) is 0 Å². The smallest absolute Gasteiger partial charge is 0.0540 e. The van der Waals surface area contributed by atoms with Gasteiger partial charge < -0.3 is 19.6 Å². The zero-order valence-corrected chi connectivity index (χ0v) is 68.3. The highest BCUT2D eigenvalue weighted by Gasteiger charge is 2.25. The largest absolute Gasteiger partial charge is 0.310 e. The van der Waals surface area contributed by atoms with Crippen LogP contribution in [0.1, 0.15) is 0 Å². The Morgan fingerprint density at radius 2 is 0.385 bits per heavy atom. The SMILES string of the molecule is c1ccc(-c2ccc(N(c3ccc(-c4ccccc4)cc3)c3ccc4c(c3)c3ccccc3c3c5ccc(N(c6ccccc6)c6ccccc6)cc5sc43)cc2)cc1.c1ccc(-c2ccc(N(c3ccc(-c4ccccc4)cc3)c3ccc4c(c3)sc3c5ccc(N(c6ccccc6)c6cccc7ccccc67)cc5c5ccccc5c43)cc2)cc1. The lowest BCUT2D eigenvalue weighted by molar-refractivity contribution is 1.29. The van der Waals surface area contributed by atoms with Gasteiger partial charge in [-0.2, -0.15) is 0 Å². The number of para-hydroxylation sites is 3. The van der Waals surface area contributed by atoms with Gasteiger partial charge in [0, 0.05) is 119 Å². The Hall–Kier alpha value is -15.4. The van der Waals surface area contributed by atoms with Crippen LogP contribution in [0.25, 0.3) is 139 Å². The van der Waals surface area contributed by atoms with E-state index in [9.17, 15) is 0 Å². The van der Waals surface area contributed by atoms with Crippen LogP contribution in [0.2, 0.25) is 0 Å². The molecule has 2 heterocycles. The van der Waals surface area contributed by atoms with E-state index in [0.29, 0.717) is 0 Å². The molecule has 0 aliphatic carbocycles. The number of hydrogen-bond acceptors (Lipinski definition) is 6. The molecular formula is C116H78N4S2. The van der Waals surface area contributed by atoms with Gasteiger partial charge in [0.25, 0.3) is 0 Å². The predicted octanol–water partition coefficient (Wildman–Crippen LogP) is 34.4. The fraction of sp³-hybridized carbons (Fsp3) is 0. The molecule has 21 aromatic carbocycles. The third-order valence-electron chi connectivity index (χ3n) is 23.8. The summed E-state index contributed by atoms with van der Waals surface area (Å²) in [6.07, 6.45) is 0. The van der Waals surface area contributed by atoms with Gasteiger partial charge >= 0.3 is 0 Å². The quantitative estimate of drug-likeness (QED) is 0.0894.